The third-order valence-corrected chi connectivity index (χ3v) is 7.23. The number of hydrogen-bond acceptors (Lipinski definition) is 5. The molecule has 12 heteroatoms. The van der Waals surface area contributed by atoms with Crippen molar-refractivity contribution >= 4 is 35.5 Å². The van der Waals surface area contributed by atoms with Gasteiger partial charge in [-0.2, -0.15) is 13.2 Å². The largest absolute Gasteiger partial charge is 0.465 e. The lowest BCUT2D eigenvalue weighted by Gasteiger charge is -2.42. The van der Waals surface area contributed by atoms with Gasteiger partial charge in [-0.15, -0.1) is 0 Å². The molecule has 0 spiro atoms. The number of alkyl halides is 3. The third kappa shape index (κ3) is 8.42. The van der Waals surface area contributed by atoms with Crippen molar-refractivity contribution in [1.82, 2.24) is 15.1 Å². The number of rotatable bonds is 8. The molecule has 1 fully saturated rings. The first-order valence-corrected chi connectivity index (χ1v) is 13.6. The van der Waals surface area contributed by atoms with Gasteiger partial charge >= 0.3 is 12.1 Å². The van der Waals surface area contributed by atoms with Gasteiger partial charge in [-0.25, -0.2) is 9.18 Å². The molecule has 1 heterocycles. The molecule has 1 aliphatic heterocycles. The number of piperazine rings is 1. The summed E-state index contributed by atoms with van der Waals surface area (Å²) in [7, 11) is 1.32. The molecule has 7 nitrogen and oxygen atoms in total. The summed E-state index contributed by atoms with van der Waals surface area (Å²) in [5, 5.41) is 3.01. The van der Waals surface area contributed by atoms with E-state index in [0.717, 1.165) is 35.4 Å². The Morgan fingerprint density at radius 2 is 1.72 bits per heavy atom. The Bertz CT molecular complexity index is 1490. The second-order valence-corrected chi connectivity index (χ2v) is 10.3. The predicted molar refractivity (Wildman–Crippen MR) is 152 cm³/mol. The van der Waals surface area contributed by atoms with E-state index in [1.807, 2.05) is 24.3 Å². The molecule has 0 radical (unpaired) electrons. The number of methoxy groups -OCH3 is 1. The average Bonchev–Trinajstić information content (AvgIpc) is 2.99. The molecule has 3 aromatic carbocycles. The maximum absolute atomic E-state index is 14.1. The Morgan fingerprint density at radius 1 is 1.02 bits per heavy atom. The molecule has 1 N–H and O–H groups in total. The van der Waals surface area contributed by atoms with E-state index >= 15 is 0 Å². The molecule has 43 heavy (non-hydrogen) atoms. The first-order chi connectivity index (χ1) is 20.4. The van der Waals surface area contributed by atoms with Gasteiger partial charge in [0.15, 0.2) is 0 Å². The van der Waals surface area contributed by atoms with Gasteiger partial charge in [0, 0.05) is 42.8 Å². The van der Waals surface area contributed by atoms with Crippen LogP contribution < -0.4 is 5.32 Å². The second-order valence-electron chi connectivity index (χ2n) is 9.86. The van der Waals surface area contributed by atoms with Crippen molar-refractivity contribution < 1.29 is 36.7 Å². The number of esters is 1. The average molecular weight is 618 g/mol. The number of amides is 2. The van der Waals surface area contributed by atoms with E-state index in [2.05, 4.69) is 10.2 Å². The molecular formula is C31H28ClF4N3O4. The smallest absolute Gasteiger partial charge is 0.416 e. The summed E-state index contributed by atoms with van der Waals surface area (Å²) in [6, 6.07) is 15.9. The lowest BCUT2D eigenvalue weighted by Crippen LogP contribution is -2.52. The summed E-state index contributed by atoms with van der Waals surface area (Å²) >= 11 is 6.08. The lowest BCUT2D eigenvalue weighted by molar-refractivity contribution is -0.138. The van der Waals surface area contributed by atoms with Crippen LogP contribution in [0.25, 0.3) is 6.08 Å². The number of carbonyl (C=O) groups excluding carboxylic acids is 3. The van der Waals surface area contributed by atoms with Gasteiger partial charge in [-0.05, 0) is 53.6 Å². The SMILES string of the molecule is COC(=O)c1ccc(CN2CCN(C(=O)CNC(=O)/C=C/c3ccc(C(F)(F)F)cc3F)C(c3ccc(Cl)cc3)C2)cc1. The molecule has 0 aliphatic carbocycles. The number of hydrogen-bond donors (Lipinski definition) is 1. The molecule has 4 rings (SSSR count). The normalized spacial score (nSPS) is 15.9. The number of nitrogens with one attached hydrogen (secondary N) is 1. The highest BCUT2D eigenvalue weighted by atomic mass is 35.5. The van der Waals surface area contributed by atoms with Crippen molar-refractivity contribution in [3.63, 3.8) is 0 Å². The number of ether oxygens (including phenoxy) is 1. The van der Waals surface area contributed by atoms with Gasteiger partial charge in [0.05, 0.1) is 30.8 Å². The van der Waals surface area contributed by atoms with Gasteiger partial charge < -0.3 is 15.0 Å². The Kier molecular flexibility index (Phi) is 10.2. The van der Waals surface area contributed by atoms with Crippen LogP contribution in [0.3, 0.4) is 0 Å². The number of carbonyl (C=O) groups is 3. The van der Waals surface area contributed by atoms with E-state index in [4.69, 9.17) is 16.3 Å². The molecule has 1 unspecified atom stereocenters. The van der Waals surface area contributed by atoms with Gasteiger partial charge in [-0.3, -0.25) is 14.5 Å². The Balaban J connectivity index is 1.40. The topological polar surface area (TPSA) is 79.0 Å². The predicted octanol–water partition coefficient (Wildman–Crippen LogP) is 5.50. The van der Waals surface area contributed by atoms with E-state index in [1.165, 1.54) is 7.11 Å². The highest BCUT2D eigenvalue weighted by Gasteiger charge is 2.32. The van der Waals surface area contributed by atoms with Crippen molar-refractivity contribution in [2.45, 2.75) is 18.8 Å². The lowest BCUT2D eigenvalue weighted by atomic mass is 10.0. The number of halogens is 5. The molecule has 0 bridgehead atoms. The number of nitrogens with zero attached hydrogens (tertiary/aromatic N) is 2. The molecule has 1 saturated heterocycles. The molecule has 0 aromatic heterocycles. The van der Waals surface area contributed by atoms with Crippen LogP contribution in [0.5, 0.6) is 0 Å². The molecule has 2 amide bonds. The van der Waals surface area contributed by atoms with E-state index < -0.39 is 29.4 Å². The minimum Gasteiger partial charge on any atom is -0.465 e. The minimum atomic E-state index is -4.69. The van der Waals surface area contributed by atoms with Crippen LogP contribution in [0.1, 0.15) is 38.7 Å². The highest BCUT2D eigenvalue weighted by Crippen LogP contribution is 2.31. The fourth-order valence-electron chi connectivity index (χ4n) is 4.70. The molecular weight excluding hydrogens is 590 g/mol. The standard InChI is InChI=1S/C31H28ClF4N3O4/c1-43-30(42)23-4-2-20(3-5-23)18-38-14-15-39(27(19-38)22-7-11-25(32)12-8-22)29(41)17-37-28(40)13-9-21-6-10-24(16-26(21)33)31(34,35)36/h2-13,16,27H,14-15,17-19H2,1H3,(H,37,40)/b13-9+. The van der Waals surface area contributed by atoms with Crippen molar-refractivity contribution in [2.24, 2.45) is 0 Å². The third-order valence-electron chi connectivity index (χ3n) is 6.98. The molecule has 226 valence electrons. The van der Waals surface area contributed by atoms with Crippen molar-refractivity contribution in [3.05, 3.63) is 111 Å². The highest BCUT2D eigenvalue weighted by molar-refractivity contribution is 6.30. The zero-order valence-electron chi connectivity index (χ0n) is 23.0. The Labute approximate surface area is 250 Å². The van der Waals surface area contributed by atoms with Gasteiger partial charge in [0.25, 0.3) is 0 Å². The molecule has 1 aliphatic rings. The quantitative estimate of drug-likeness (QED) is 0.205. The van der Waals surface area contributed by atoms with Crippen molar-refractivity contribution in [3.8, 4) is 0 Å². The van der Waals surface area contributed by atoms with E-state index in [9.17, 15) is 31.9 Å². The van der Waals surface area contributed by atoms with Crippen LogP contribution in [0.4, 0.5) is 17.6 Å². The van der Waals surface area contributed by atoms with E-state index in [1.54, 1.807) is 29.2 Å². The maximum Gasteiger partial charge on any atom is 0.416 e. The summed E-state index contributed by atoms with van der Waals surface area (Å²) in [5.74, 6) is -2.59. The summed E-state index contributed by atoms with van der Waals surface area (Å²) in [4.78, 5) is 41.2. The maximum atomic E-state index is 14.1. The fourth-order valence-corrected chi connectivity index (χ4v) is 4.83. The summed E-state index contributed by atoms with van der Waals surface area (Å²) in [6.45, 7) is 1.66. The molecule has 3 aromatic rings. The Hall–Kier alpha value is -4.22. The van der Waals surface area contributed by atoms with Crippen LogP contribution in [-0.2, 0) is 27.0 Å². The summed E-state index contributed by atoms with van der Waals surface area (Å²) in [5.41, 5.74) is 0.942. The monoisotopic (exact) mass is 617 g/mol. The number of benzene rings is 3. The second kappa shape index (κ2) is 13.8. The fraction of sp³-hybridized carbons (Fsp3) is 0.258. The van der Waals surface area contributed by atoms with Gasteiger partial charge in [-0.1, -0.05) is 41.9 Å². The summed E-state index contributed by atoms with van der Waals surface area (Å²) in [6.07, 6.45) is -2.69. The van der Waals surface area contributed by atoms with Crippen molar-refractivity contribution in [2.75, 3.05) is 33.3 Å². The van der Waals surface area contributed by atoms with E-state index in [-0.39, 0.29) is 24.1 Å². The zero-order chi connectivity index (χ0) is 31.1. The van der Waals surface area contributed by atoms with Gasteiger partial charge in [0.2, 0.25) is 11.8 Å². The van der Waals surface area contributed by atoms with Crippen LogP contribution in [0.2, 0.25) is 5.02 Å². The molecule has 1 atom stereocenters. The van der Waals surface area contributed by atoms with Crippen LogP contribution in [-0.4, -0.2) is 60.9 Å². The van der Waals surface area contributed by atoms with Crippen LogP contribution >= 0.6 is 11.6 Å². The zero-order valence-corrected chi connectivity index (χ0v) is 23.8. The van der Waals surface area contributed by atoms with Crippen LogP contribution in [0.15, 0.2) is 72.8 Å². The van der Waals surface area contributed by atoms with E-state index in [0.29, 0.717) is 42.8 Å². The molecule has 0 saturated carbocycles. The van der Waals surface area contributed by atoms with Gasteiger partial charge in [0.1, 0.15) is 5.82 Å². The minimum absolute atomic E-state index is 0.201. The van der Waals surface area contributed by atoms with Crippen LogP contribution in [0, 0.1) is 5.82 Å². The first kappa shape index (κ1) is 31.7. The van der Waals surface area contributed by atoms with Crippen molar-refractivity contribution in [1.29, 1.82) is 0 Å². The first-order valence-electron chi connectivity index (χ1n) is 13.2. The Morgan fingerprint density at radius 3 is 2.35 bits per heavy atom. The summed E-state index contributed by atoms with van der Waals surface area (Å²) < 4.78 is 57.1.